The van der Waals surface area contributed by atoms with Gasteiger partial charge in [0.25, 0.3) is 0 Å². The number of amides is 1. The van der Waals surface area contributed by atoms with Gasteiger partial charge in [0.05, 0.1) is 16.6 Å². The fraction of sp³-hybridized carbons (Fsp3) is 0.353. The molecule has 1 amide bonds. The normalized spacial score (nSPS) is 17.3. The van der Waals surface area contributed by atoms with E-state index in [1.54, 1.807) is 12.3 Å². The molecule has 2 aromatic rings. The first-order chi connectivity index (χ1) is 11.7. The van der Waals surface area contributed by atoms with Gasteiger partial charge in [-0.25, -0.2) is 9.97 Å². The van der Waals surface area contributed by atoms with Crippen molar-refractivity contribution < 1.29 is 4.79 Å². The molecule has 7 heteroatoms. The zero-order valence-electron chi connectivity index (χ0n) is 13.5. The van der Waals surface area contributed by atoms with Crippen LogP contribution in [0.15, 0.2) is 30.5 Å². The largest absolute Gasteiger partial charge is 0.373 e. The number of anilines is 2. The Kier molecular flexibility index (Phi) is 5.27. The molecule has 1 atom stereocenters. The highest BCUT2D eigenvalue weighted by Gasteiger charge is 2.21. The van der Waals surface area contributed by atoms with Crippen molar-refractivity contribution in [1.82, 2.24) is 15.3 Å². The second-order valence-electron chi connectivity index (χ2n) is 5.74. The summed E-state index contributed by atoms with van der Waals surface area (Å²) in [5.41, 5.74) is 1.46. The maximum absolute atomic E-state index is 12.4. The van der Waals surface area contributed by atoms with Gasteiger partial charge in [0.15, 0.2) is 0 Å². The highest BCUT2D eigenvalue weighted by Crippen LogP contribution is 2.29. The lowest BCUT2D eigenvalue weighted by Gasteiger charge is -2.21. The highest BCUT2D eigenvalue weighted by molar-refractivity contribution is 6.33. The molecule has 0 spiro atoms. The van der Waals surface area contributed by atoms with Crippen LogP contribution in [0.1, 0.15) is 12.8 Å². The Balaban J connectivity index is 1.81. The third-order valence-corrected chi connectivity index (χ3v) is 4.36. The van der Waals surface area contributed by atoms with E-state index in [1.807, 2.05) is 25.2 Å². The summed E-state index contributed by atoms with van der Waals surface area (Å²) in [5, 5.41) is 9.62. The minimum Gasteiger partial charge on any atom is -0.373 e. The fourth-order valence-electron chi connectivity index (χ4n) is 2.73. The van der Waals surface area contributed by atoms with Gasteiger partial charge in [-0.15, -0.1) is 0 Å². The van der Waals surface area contributed by atoms with Gasteiger partial charge in [-0.3, -0.25) is 4.79 Å². The summed E-state index contributed by atoms with van der Waals surface area (Å²) in [6, 6.07) is 7.41. The molecule has 3 N–H and O–H groups in total. The number of hydrogen-bond donors (Lipinski definition) is 3. The average molecular weight is 346 g/mol. The van der Waals surface area contributed by atoms with Crippen LogP contribution in [0.5, 0.6) is 0 Å². The molecule has 126 valence electrons. The number of rotatable bonds is 4. The molecular formula is C17H20ClN5O. The van der Waals surface area contributed by atoms with E-state index >= 15 is 0 Å². The van der Waals surface area contributed by atoms with E-state index in [4.69, 9.17) is 11.6 Å². The number of nitrogens with zero attached hydrogens (tertiary/aromatic N) is 2. The monoisotopic (exact) mass is 345 g/mol. The number of halogens is 1. The molecule has 1 fully saturated rings. The Morgan fingerprint density at radius 2 is 2.25 bits per heavy atom. The van der Waals surface area contributed by atoms with Crippen LogP contribution in [0.2, 0.25) is 5.02 Å². The zero-order valence-corrected chi connectivity index (χ0v) is 14.2. The fourth-order valence-corrected chi connectivity index (χ4v) is 2.93. The van der Waals surface area contributed by atoms with Gasteiger partial charge in [-0.1, -0.05) is 17.7 Å². The van der Waals surface area contributed by atoms with E-state index in [2.05, 4.69) is 25.9 Å². The van der Waals surface area contributed by atoms with Crippen molar-refractivity contribution in [3.8, 4) is 11.3 Å². The minimum absolute atomic E-state index is 0.0140. The van der Waals surface area contributed by atoms with Crippen LogP contribution in [0.25, 0.3) is 11.3 Å². The number of carbonyl (C=O) groups excluding carboxylic acids is 1. The van der Waals surface area contributed by atoms with Gasteiger partial charge in [0, 0.05) is 25.4 Å². The first kappa shape index (κ1) is 16.7. The summed E-state index contributed by atoms with van der Waals surface area (Å²) in [4.78, 5) is 21.1. The molecule has 1 aliphatic heterocycles. The minimum atomic E-state index is -0.0228. The first-order valence-corrected chi connectivity index (χ1v) is 8.37. The molecule has 0 bridgehead atoms. The lowest BCUT2D eigenvalue weighted by atomic mass is 9.99. The van der Waals surface area contributed by atoms with Gasteiger partial charge in [-0.05, 0) is 37.6 Å². The molecule has 2 aromatic heterocycles. The lowest BCUT2D eigenvalue weighted by Crippen LogP contribution is -2.37. The van der Waals surface area contributed by atoms with Crippen molar-refractivity contribution >= 4 is 29.1 Å². The lowest BCUT2D eigenvalue weighted by molar-refractivity contribution is -0.120. The number of carbonyl (C=O) groups is 1. The summed E-state index contributed by atoms with van der Waals surface area (Å²) >= 11 is 6.27. The smallest absolute Gasteiger partial charge is 0.229 e. The number of hydrogen-bond acceptors (Lipinski definition) is 5. The van der Waals surface area contributed by atoms with E-state index in [-0.39, 0.29) is 11.8 Å². The number of aromatic nitrogens is 2. The van der Waals surface area contributed by atoms with Gasteiger partial charge >= 0.3 is 0 Å². The highest BCUT2D eigenvalue weighted by atomic mass is 35.5. The van der Waals surface area contributed by atoms with Crippen molar-refractivity contribution in [2.75, 3.05) is 30.8 Å². The molecule has 24 heavy (non-hydrogen) atoms. The molecule has 1 saturated heterocycles. The maximum Gasteiger partial charge on any atom is 0.229 e. The van der Waals surface area contributed by atoms with Crippen LogP contribution in [0.4, 0.5) is 11.6 Å². The summed E-state index contributed by atoms with van der Waals surface area (Å²) in [5.74, 6) is 1.20. The molecule has 3 rings (SSSR count). The second kappa shape index (κ2) is 7.59. The van der Waals surface area contributed by atoms with Crippen molar-refractivity contribution in [1.29, 1.82) is 0 Å². The van der Waals surface area contributed by atoms with E-state index in [1.165, 1.54) is 0 Å². The van der Waals surface area contributed by atoms with Crippen molar-refractivity contribution in [3.63, 3.8) is 0 Å². The molecule has 6 nitrogen and oxygen atoms in total. The van der Waals surface area contributed by atoms with Crippen LogP contribution in [-0.4, -0.2) is 36.0 Å². The number of piperidine rings is 1. The quantitative estimate of drug-likeness (QED) is 0.794. The van der Waals surface area contributed by atoms with Crippen molar-refractivity contribution in [3.05, 3.63) is 35.5 Å². The van der Waals surface area contributed by atoms with Crippen LogP contribution in [-0.2, 0) is 4.79 Å². The van der Waals surface area contributed by atoms with Crippen molar-refractivity contribution in [2.24, 2.45) is 5.92 Å². The third kappa shape index (κ3) is 3.83. The predicted molar refractivity (Wildman–Crippen MR) is 96.2 cm³/mol. The zero-order chi connectivity index (χ0) is 16.9. The van der Waals surface area contributed by atoms with E-state index in [0.717, 1.165) is 36.5 Å². The van der Waals surface area contributed by atoms with Crippen LogP contribution in [0.3, 0.4) is 0 Å². The Bertz CT molecular complexity index is 731. The van der Waals surface area contributed by atoms with E-state index < -0.39 is 0 Å². The Morgan fingerprint density at radius 3 is 3.00 bits per heavy atom. The summed E-state index contributed by atoms with van der Waals surface area (Å²) in [6.45, 7) is 1.68. The maximum atomic E-state index is 12.4. The average Bonchev–Trinajstić information content (AvgIpc) is 2.64. The third-order valence-electron chi connectivity index (χ3n) is 4.06. The number of pyridine rings is 2. The standard InChI is InChI=1S/C17H20ClN5O/c1-19-15-6-2-5-14(22-15)12-8-16(21-10-13(12)18)23-17(24)11-4-3-7-20-9-11/h2,5-6,8,10-11,20H,3-4,7,9H2,1H3,(H,19,22)(H,21,23,24)/t11-/m1/s1. The van der Waals surface area contributed by atoms with Gasteiger partial charge < -0.3 is 16.0 Å². The van der Waals surface area contributed by atoms with Gasteiger partial charge in [0.2, 0.25) is 5.91 Å². The Labute approximate surface area is 146 Å². The molecule has 0 unspecified atom stereocenters. The van der Waals surface area contributed by atoms with Crippen molar-refractivity contribution in [2.45, 2.75) is 12.8 Å². The topological polar surface area (TPSA) is 78.9 Å². The summed E-state index contributed by atoms with van der Waals surface area (Å²) in [7, 11) is 1.81. The van der Waals surface area contributed by atoms with Gasteiger partial charge in [0.1, 0.15) is 11.6 Å². The molecule has 0 saturated carbocycles. The van der Waals surface area contributed by atoms with Gasteiger partial charge in [-0.2, -0.15) is 0 Å². The Morgan fingerprint density at radius 1 is 1.38 bits per heavy atom. The molecular weight excluding hydrogens is 326 g/mol. The summed E-state index contributed by atoms with van der Waals surface area (Å²) < 4.78 is 0. The molecule has 0 aliphatic carbocycles. The predicted octanol–water partition coefficient (Wildman–Crippen LogP) is 2.78. The first-order valence-electron chi connectivity index (χ1n) is 7.99. The second-order valence-corrected chi connectivity index (χ2v) is 6.15. The van der Waals surface area contributed by atoms with Crippen LogP contribution < -0.4 is 16.0 Å². The SMILES string of the molecule is CNc1cccc(-c2cc(NC(=O)[C@@H]3CCCNC3)ncc2Cl)n1. The molecule has 1 aliphatic rings. The number of nitrogens with one attached hydrogen (secondary N) is 3. The van der Waals surface area contributed by atoms with Crippen LogP contribution >= 0.6 is 11.6 Å². The Hall–Kier alpha value is -2.18. The molecule has 0 aromatic carbocycles. The van der Waals surface area contributed by atoms with E-state index in [0.29, 0.717) is 17.4 Å². The van der Waals surface area contributed by atoms with E-state index in [9.17, 15) is 4.79 Å². The molecule has 0 radical (unpaired) electrons. The summed E-state index contributed by atoms with van der Waals surface area (Å²) in [6.07, 6.45) is 3.45. The van der Waals surface area contributed by atoms with Crippen LogP contribution in [0, 0.1) is 5.92 Å². The molecule has 3 heterocycles.